The second kappa shape index (κ2) is 10.7. The van der Waals surface area contributed by atoms with E-state index in [1.165, 1.54) is 4.90 Å². The average molecular weight is 494 g/mol. The molecular weight excluding hydrogens is 458 g/mol. The van der Waals surface area contributed by atoms with Crippen molar-refractivity contribution in [1.29, 1.82) is 0 Å². The van der Waals surface area contributed by atoms with Crippen LogP contribution < -0.4 is 10.6 Å². The topological polar surface area (TPSA) is 151 Å². The van der Waals surface area contributed by atoms with Crippen LogP contribution in [0.15, 0.2) is 12.2 Å². The standard InChI is InChI=1S/C24H35N3O8/c1-23(2,3)35-22(33)25-17-10-8-6-4-5-7-9-15-12-24(15,21(31)32)26-19(29)18-11-16(34-14-28)13-27(18)20(17)30/h7,9,14-18H,4-6,8,10-13H2,1-3H3,(H,25,33)(H,26,29)(H,31,32)/b9-7-/t15?,16-,17+,18+,24-/m1/s1. The van der Waals surface area contributed by atoms with Gasteiger partial charge < -0.3 is 30.1 Å². The molecule has 2 heterocycles. The number of carbonyl (C=O) groups is 5. The first-order valence-corrected chi connectivity index (χ1v) is 12.1. The van der Waals surface area contributed by atoms with E-state index in [0.717, 1.165) is 19.3 Å². The van der Waals surface area contributed by atoms with Crippen LogP contribution in [0.3, 0.4) is 0 Å². The van der Waals surface area contributed by atoms with E-state index >= 15 is 0 Å². The van der Waals surface area contributed by atoms with Crippen LogP contribution in [-0.4, -0.2) is 76.2 Å². The SMILES string of the molecule is CC(C)(C)OC(=O)N[C@H]1CCCCC/C=C\C2C[C@@]2(C(=O)O)NC(=O)[C@@H]2C[C@@H](OC=O)CN2C1=O. The molecule has 0 aromatic heterocycles. The molecule has 3 N–H and O–H groups in total. The number of hydrogen-bond acceptors (Lipinski definition) is 7. The van der Waals surface area contributed by atoms with Gasteiger partial charge in [0.2, 0.25) is 11.8 Å². The molecule has 3 aliphatic rings. The molecule has 3 amide bonds. The fourth-order valence-electron chi connectivity index (χ4n) is 4.69. The van der Waals surface area contributed by atoms with E-state index in [9.17, 15) is 29.1 Å². The number of carboxylic acid groups (broad SMARTS) is 1. The normalized spacial score (nSPS) is 32.6. The Hall–Kier alpha value is -3.11. The molecule has 1 unspecified atom stereocenters. The highest BCUT2D eigenvalue weighted by molar-refractivity contribution is 5.96. The van der Waals surface area contributed by atoms with Crippen molar-refractivity contribution in [2.24, 2.45) is 5.92 Å². The minimum Gasteiger partial charge on any atom is -0.479 e. The zero-order valence-corrected chi connectivity index (χ0v) is 20.5. The molecule has 0 spiro atoms. The summed E-state index contributed by atoms with van der Waals surface area (Å²) >= 11 is 0. The van der Waals surface area contributed by atoms with Gasteiger partial charge in [0.05, 0.1) is 6.54 Å². The van der Waals surface area contributed by atoms with E-state index in [2.05, 4.69) is 10.6 Å². The average Bonchev–Trinajstić information content (AvgIpc) is 3.28. The number of hydrogen-bond donors (Lipinski definition) is 3. The van der Waals surface area contributed by atoms with Crippen LogP contribution in [0.5, 0.6) is 0 Å². The van der Waals surface area contributed by atoms with Crippen LogP contribution >= 0.6 is 0 Å². The monoisotopic (exact) mass is 493 g/mol. The Morgan fingerprint density at radius 3 is 2.66 bits per heavy atom. The van der Waals surface area contributed by atoms with Crippen LogP contribution in [0.1, 0.15) is 65.7 Å². The van der Waals surface area contributed by atoms with E-state index in [1.807, 2.05) is 12.2 Å². The van der Waals surface area contributed by atoms with Gasteiger partial charge in [0.25, 0.3) is 6.47 Å². The van der Waals surface area contributed by atoms with Crippen molar-refractivity contribution < 1.29 is 38.6 Å². The number of fused-ring (bicyclic) bond motifs is 2. The highest BCUT2D eigenvalue weighted by Gasteiger charge is 2.61. The van der Waals surface area contributed by atoms with Gasteiger partial charge in [-0.2, -0.15) is 0 Å². The summed E-state index contributed by atoms with van der Waals surface area (Å²) in [5.41, 5.74) is -2.18. The summed E-state index contributed by atoms with van der Waals surface area (Å²) in [7, 11) is 0. The molecule has 2 fully saturated rings. The highest BCUT2D eigenvalue weighted by Crippen LogP contribution is 2.45. The fourth-order valence-corrected chi connectivity index (χ4v) is 4.69. The predicted molar refractivity (Wildman–Crippen MR) is 123 cm³/mol. The van der Waals surface area contributed by atoms with Crippen LogP contribution in [0.4, 0.5) is 4.79 Å². The van der Waals surface area contributed by atoms with Crippen molar-refractivity contribution in [1.82, 2.24) is 15.5 Å². The lowest BCUT2D eigenvalue weighted by molar-refractivity contribution is -0.145. The first-order valence-electron chi connectivity index (χ1n) is 12.1. The Bertz CT molecular complexity index is 882. The van der Waals surface area contributed by atoms with Crippen molar-refractivity contribution in [2.45, 2.75) is 95.0 Å². The number of amides is 3. The van der Waals surface area contributed by atoms with Gasteiger partial charge in [-0.15, -0.1) is 0 Å². The molecule has 35 heavy (non-hydrogen) atoms. The summed E-state index contributed by atoms with van der Waals surface area (Å²) in [4.78, 5) is 63.5. The molecule has 0 aromatic carbocycles. The van der Waals surface area contributed by atoms with Crippen molar-refractivity contribution in [3.8, 4) is 0 Å². The van der Waals surface area contributed by atoms with Gasteiger partial charge >= 0.3 is 12.1 Å². The molecule has 1 aliphatic carbocycles. The molecule has 11 nitrogen and oxygen atoms in total. The molecule has 0 radical (unpaired) electrons. The van der Waals surface area contributed by atoms with E-state index in [4.69, 9.17) is 9.47 Å². The van der Waals surface area contributed by atoms with Gasteiger partial charge in [-0.1, -0.05) is 25.0 Å². The minimum absolute atomic E-state index is 0.0334. The fraction of sp³-hybridized carbons (Fsp3) is 0.708. The lowest BCUT2D eigenvalue weighted by atomic mass is 10.0. The molecule has 2 aliphatic heterocycles. The van der Waals surface area contributed by atoms with Crippen molar-refractivity contribution in [3.05, 3.63) is 12.2 Å². The molecule has 1 saturated heterocycles. The lowest BCUT2D eigenvalue weighted by Gasteiger charge is -2.30. The lowest BCUT2D eigenvalue weighted by Crippen LogP contribution is -2.56. The Balaban J connectivity index is 1.87. The summed E-state index contributed by atoms with van der Waals surface area (Å²) < 4.78 is 10.4. The number of carboxylic acids is 1. The third-order valence-electron chi connectivity index (χ3n) is 6.56. The second-order valence-electron chi connectivity index (χ2n) is 10.4. The zero-order chi connectivity index (χ0) is 25.8. The predicted octanol–water partition coefficient (Wildman–Crippen LogP) is 1.50. The number of alkyl carbamates (subject to hydrolysis) is 1. The van der Waals surface area contributed by atoms with Gasteiger partial charge in [0.15, 0.2) is 0 Å². The van der Waals surface area contributed by atoms with E-state index in [0.29, 0.717) is 12.8 Å². The molecule has 1 saturated carbocycles. The van der Waals surface area contributed by atoms with Crippen LogP contribution in [0, 0.1) is 5.92 Å². The summed E-state index contributed by atoms with van der Waals surface area (Å²) in [6.45, 7) is 5.36. The molecule has 5 atom stereocenters. The Labute approximate surface area is 204 Å². The number of ether oxygens (including phenoxy) is 2. The van der Waals surface area contributed by atoms with Crippen molar-refractivity contribution >= 4 is 30.3 Å². The van der Waals surface area contributed by atoms with Crippen LogP contribution in [0.25, 0.3) is 0 Å². The maximum absolute atomic E-state index is 13.6. The summed E-state index contributed by atoms with van der Waals surface area (Å²) in [5, 5.41) is 15.1. The minimum atomic E-state index is -1.42. The second-order valence-corrected chi connectivity index (χ2v) is 10.4. The van der Waals surface area contributed by atoms with Gasteiger partial charge in [-0.25, -0.2) is 9.59 Å². The third kappa shape index (κ3) is 6.52. The summed E-state index contributed by atoms with van der Waals surface area (Å²) in [6, 6.07) is -1.99. The van der Waals surface area contributed by atoms with E-state index in [1.54, 1.807) is 20.8 Å². The molecule has 3 rings (SSSR count). The summed E-state index contributed by atoms with van der Waals surface area (Å²) in [6.07, 6.45) is 5.98. The quantitative estimate of drug-likeness (QED) is 0.394. The zero-order valence-electron chi connectivity index (χ0n) is 20.5. The molecular formula is C24H35N3O8. The van der Waals surface area contributed by atoms with E-state index in [-0.39, 0.29) is 31.8 Å². The van der Waals surface area contributed by atoms with Crippen molar-refractivity contribution in [2.75, 3.05) is 6.54 Å². The number of rotatable bonds is 4. The van der Waals surface area contributed by atoms with E-state index < -0.39 is 53.2 Å². The number of aliphatic carboxylic acids is 1. The van der Waals surface area contributed by atoms with Gasteiger partial charge in [0, 0.05) is 12.3 Å². The Kier molecular flexibility index (Phi) is 8.07. The summed E-state index contributed by atoms with van der Waals surface area (Å²) in [5.74, 6) is -2.59. The number of nitrogens with one attached hydrogen (secondary N) is 2. The number of carbonyl (C=O) groups excluding carboxylic acids is 4. The molecule has 0 aromatic rings. The first kappa shape index (κ1) is 26.5. The van der Waals surface area contributed by atoms with Crippen molar-refractivity contribution in [3.63, 3.8) is 0 Å². The molecule has 0 bridgehead atoms. The Morgan fingerprint density at radius 2 is 2.00 bits per heavy atom. The first-order chi connectivity index (χ1) is 16.5. The van der Waals surface area contributed by atoms with Gasteiger partial charge in [0.1, 0.15) is 29.3 Å². The van der Waals surface area contributed by atoms with Crippen LogP contribution in [-0.2, 0) is 28.7 Å². The maximum atomic E-state index is 13.6. The maximum Gasteiger partial charge on any atom is 0.408 e. The third-order valence-corrected chi connectivity index (χ3v) is 6.56. The Morgan fingerprint density at radius 1 is 1.26 bits per heavy atom. The smallest absolute Gasteiger partial charge is 0.408 e. The van der Waals surface area contributed by atoms with Crippen LogP contribution in [0.2, 0.25) is 0 Å². The largest absolute Gasteiger partial charge is 0.479 e. The number of allylic oxidation sites excluding steroid dienone is 1. The van der Waals surface area contributed by atoms with Gasteiger partial charge in [-0.3, -0.25) is 14.4 Å². The molecule has 11 heteroatoms. The number of nitrogens with zero attached hydrogens (tertiary/aromatic N) is 1. The highest BCUT2D eigenvalue weighted by atomic mass is 16.6. The van der Waals surface area contributed by atoms with Gasteiger partial charge in [-0.05, 0) is 46.5 Å². The molecule has 194 valence electrons.